The summed E-state index contributed by atoms with van der Waals surface area (Å²) in [4.78, 5) is 5.80. The second-order valence-electron chi connectivity index (χ2n) is 6.22. The van der Waals surface area contributed by atoms with Gasteiger partial charge in [0.1, 0.15) is 5.01 Å². The Morgan fingerprint density at radius 1 is 1.24 bits per heavy atom. The summed E-state index contributed by atoms with van der Waals surface area (Å²) in [5, 5.41) is 4.72. The van der Waals surface area contributed by atoms with Gasteiger partial charge in [0.15, 0.2) is 0 Å². The van der Waals surface area contributed by atoms with Gasteiger partial charge in [-0.25, -0.2) is 4.98 Å². The van der Waals surface area contributed by atoms with Crippen molar-refractivity contribution in [3.63, 3.8) is 0 Å². The molecule has 17 heavy (non-hydrogen) atoms. The van der Waals surface area contributed by atoms with Crippen molar-refractivity contribution >= 4 is 23.1 Å². The third-order valence-corrected chi connectivity index (χ3v) is 4.49. The van der Waals surface area contributed by atoms with Crippen LogP contribution in [0.1, 0.15) is 51.4 Å². The van der Waals surface area contributed by atoms with Crippen molar-refractivity contribution in [2.45, 2.75) is 64.1 Å². The van der Waals surface area contributed by atoms with E-state index in [4.69, 9.17) is 0 Å². The number of thioether (sulfide) groups is 1. The number of aromatic nitrogens is 1. The normalized spacial score (nSPS) is 13.1. The molecule has 0 saturated carbocycles. The van der Waals surface area contributed by atoms with E-state index in [1.54, 1.807) is 0 Å². The van der Waals surface area contributed by atoms with Crippen LogP contribution < -0.4 is 5.32 Å². The summed E-state index contributed by atoms with van der Waals surface area (Å²) in [6.07, 6.45) is 2.00. The SMILES string of the molecule is CC(C)(C)NCc1cnc(CSC(C)(C)C)s1. The first kappa shape index (κ1) is 15.0. The zero-order valence-corrected chi connectivity index (χ0v) is 13.4. The molecule has 0 aromatic carbocycles. The van der Waals surface area contributed by atoms with Crippen LogP contribution in [-0.4, -0.2) is 15.3 Å². The Kier molecular flexibility index (Phi) is 5.05. The van der Waals surface area contributed by atoms with E-state index in [0.717, 1.165) is 12.3 Å². The van der Waals surface area contributed by atoms with Gasteiger partial charge in [0.25, 0.3) is 0 Å². The van der Waals surface area contributed by atoms with Gasteiger partial charge in [0.05, 0.1) is 0 Å². The Morgan fingerprint density at radius 3 is 2.41 bits per heavy atom. The molecule has 98 valence electrons. The van der Waals surface area contributed by atoms with E-state index >= 15 is 0 Å². The molecule has 0 spiro atoms. The lowest BCUT2D eigenvalue weighted by Gasteiger charge is -2.19. The zero-order chi connectivity index (χ0) is 13.1. The Balaban J connectivity index is 2.43. The molecule has 1 rings (SSSR count). The zero-order valence-electron chi connectivity index (χ0n) is 11.8. The van der Waals surface area contributed by atoms with Gasteiger partial charge in [0, 0.05) is 33.7 Å². The third kappa shape index (κ3) is 7.06. The number of thiazole rings is 1. The molecule has 0 saturated heterocycles. The third-order valence-electron chi connectivity index (χ3n) is 2.02. The molecule has 1 N–H and O–H groups in total. The van der Waals surface area contributed by atoms with Crippen LogP contribution in [0.3, 0.4) is 0 Å². The quantitative estimate of drug-likeness (QED) is 0.894. The second-order valence-corrected chi connectivity index (χ2v) is 9.23. The predicted octanol–water partition coefficient (Wildman–Crippen LogP) is 4.06. The van der Waals surface area contributed by atoms with Crippen molar-refractivity contribution in [1.82, 2.24) is 10.3 Å². The van der Waals surface area contributed by atoms with Gasteiger partial charge < -0.3 is 5.32 Å². The molecule has 0 aliphatic heterocycles. The van der Waals surface area contributed by atoms with Gasteiger partial charge in [-0.2, -0.15) is 0 Å². The average Bonchev–Trinajstić information content (AvgIpc) is 2.57. The monoisotopic (exact) mass is 272 g/mol. The molecule has 4 heteroatoms. The summed E-state index contributed by atoms with van der Waals surface area (Å²) < 4.78 is 0.315. The summed E-state index contributed by atoms with van der Waals surface area (Å²) in [5.74, 6) is 1.02. The van der Waals surface area contributed by atoms with E-state index in [2.05, 4.69) is 51.8 Å². The first-order valence-electron chi connectivity index (χ1n) is 5.98. The standard InChI is InChI=1S/C13H24N2S2/c1-12(2,3)15-8-10-7-14-11(17-10)9-16-13(4,5)6/h7,15H,8-9H2,1-6H3. The van der Waals surface area contributed by atoms with E-state index in [1.165, 1.54) is 9.88 Å². The molecule has 0 aliphatic rings. The molecule has 0 aliphatic carbocycles. The Morgan fingerprint density at radius 2 is 1.88 bits per heavy atom. The minimum atomic E-state index is 0.171. The molecule has 0 unspecified atom stereocenters. The average molecular weight is 272 g/mol. The number of nitrogens with zero attached hydrogens (tertiary/aromatic N) is 1. The maximum absolute atomic E-state index is 4.48. The molecule has 0 fully saturated rings. The number of hydrogen-bond donors (Lipinski definition) is 1. The van der Waals surface area contributed by atoms with Crippen LogP contribution in [0.4, 0.5) is 0 Å². The summed E-state index contributed by atoms with van der Waals surface area (Å²) in [7, 11) is 0. The molecule has 1 heterocycles. The minimum absolute atomic E-state index is 0.171. The highest BCUT2D eigenvalue weighted by Crippen LogP contribution is 2.28. The van der Waals surface area contributed by atoms with Gasteiger partial charge >= 0.3 is 0 Å². The van der Waals surface area contributed by atoms with Crippen molar-refractivity contribution < 1.29 is 0 Å². The van der Waals surface area contributed by atoms with Gasteiger partial charge in [0.2, 0.25) is 0 Å². The lowest BCUT2D eigenvalue weighted by atomic mass is 10.1. The summed E-state index contributed by atoms with van der Waals surface area (Å²) >= 11 is 3.77. The van der Waals surface area contributed by atoms with Crippen LogP contribution in [-0.2, 0) is 12.3 Å². The van der Waals surface area contributed by atoms with Crippen LogP contribution in [0.15, 0.2) is 6.20 Å². The Labute approximate surface area is 114 Å². The van der Waals surface area contributed by atoms with E-state index in [9.17, 15) is 0 Å². The topological polar surface area (TPSA) is 24.9 Å². The van der Waals surface area contributed by atoms with Gasteiger partial charge in [-0.15, -0.1) is 23.1 Å². The van der Waals surface area contributed by atoms with Crippen molar-refractivity contribution in [2.24, 2.45) is 0 Å². The summed E-state index contributed by atoms with van der Waals surface area (Å²) in [6.45, 7) is 14.2. The molecular formula is C13H24N2S2. The lowest BCUT2D eigenvalue weighted by molar-refractivity contribution is 0.426. The molecular weight excluding hydrogens is 248 g/mol. The van der Waals surface area contributed by atoms with E-state index in [1.807, 2.05) is 29.3 Å². The van der Waals surface area contributed by atoms with Crippen molar-refractivity contribution in [3.8, 4) is 0 Å². The number of hydrogen-bond acceptors (Lipinski definition) is 4. The van der Waals surface area contributed by atoms with Crippen LogP contribution in [0, 0.1) is 0 Å². The first-order valence-corrected chi connectivity index (χ1v) is 7.78. The number of nitrogens with one attached hydrogen (secondary N) is 1. The van der Waals surface area contributed by atoms with Crippen molar-refractivity contribution in [1.29, 1.82) is 0 Å². The van der Waals surface area contributed by atoms with Crippen molar-refractivity contribution in [3.05, 3.63) is 16.1 Å². The molecule has 1 aromatic rings. The van der Waals surface area contributed by atoms with Crippen LogP contribution in [0.2, 0.25) is 0 Å². The van der Waals surface area contributed by atoms with Gasteiger partial charge in [-0.05, 0) is 20.8 Å². The molecule has 0 atom stereocenters. The maximum Gasteiger partial charge on any atom is 0.103 e. The van der Waals surface area contributed by atoms with Crippen molar-refractivity contribution in [2.75, 3.05) is 0 Å². The van der Waals surface area contributed by atoms with Crippen LogP contribution in [0.25, 0.3) is 0 Å². The maximum atomic E-state index is 4.48. The Hall–Kier alpha value is -0.0600. The second kappa shape index (κ2) is 5.72. The fourth-order valence-corrected chi connectivity index (χ4v) is 2.83. The highest BCUT2D eigenvalue weighted by molar-refractivity contribution is 7.99. The lowest BCUT2D eigenvalue weighted by Crippen LogP contribution is -2.34. The van der Waals surface area contributed by atoms with Gasteiger partial charge in [-0.3, -0.25) is 0 Å². The molecule has 0 bridgehead atoms. The summed E-state index contributed by atoms with van der Waals surface area (Å²) in [5.41, 5.74) is 0.171. The van der Waals surface area contributed by atoms with E-state index in [0.29, 0.717) is 4.75 Å². The molecule has 2 nitrogen and oxygen atoms in total. The van der Waals surface area contributed by atoms with Crippen LogP contribution >= 0.6 is 23.1 Å². The van der Waals surface area contributed by atoms with E-state index in [-0.39, 0.29) is 5.54 Å². The highest BCUT2D eigenvalue weighted by Gasteiger charge is 2.13. The first-order chi connectivity index (χ1) is 7.66. The predicted molar refractivity (Wildman–Crippen MR) is 79.8 cm³/mol. The number of rotatable bonds is 4. The molecule has 0 amide bonds. The Bertz CT molecular complexity index is 313. The van der Waals surface area contributed by atoms with E-state index < -0.39 is 0 Å². The van der Waals surface area contributed by atoms with Gasteiger partial charge in [-0.1, -0.05) is 20.8 Å². The molecule has 0 radical (unpaired) electrons. The van der Waals surface area contributed by atoms with Crippen LogP contribution in [0.5, 0.6) is 0 Å². The highest BCUT2D eigenvalue weighted by atomic mass is 32.2. The summed E-state index contributed by atoms with van der Waals surface area (Å²) in [6, 6.07) is 0. The molecule has 1 aromatic heterocycles. The largest absolute Gasteiger partial charge is 0.307 e. The smallest absolute Gasteiger partial charge is 0.103 e. The fraction of sp³-hybridized carbons (Fsp3) is 0.769. The minimum Gasteiger partial charge on any atom is -0.307 e. The fourth-order valence-electron chi connectivity index (χ4n) is 1.13.